The number of carbonyl (C=O) groups excluding carboxylic acids is 1. The third-order valence-corrected chi connectivity index (χ3v) is 2.84. The van der Waals surface area contributed by atoms with Gasteiger partial charge in [-0.15, -0.1) is 0 Å². The van der Waals surface area contributed by atoms with Crippen molar-refractivity contribution in [1.29, 1.82) is 0 Å². The molecule has 3 N–H and O–H groups in total. The number of nitrogens with two attached hydrogens (primary N) is 1. The normalized spacial score (nSPS) is 16.9. The maximum absolute atomic E-state index is 11.6. The van der Waals surface area contributed by atoms with Gasteiger partial charge in [0.1, 0.15) is 0 Å². The average Bonchev–Trinajstić information content (AvgIpc) is 3.04. The van der Waals surface area contributed by atoms with Gasteiger partial charge in [0.25, 0.3) is 0 Å². The van der Waals surface area contributed by atoms with Crippen molar-refractivity contribution in [1.82, 2.24) is 4.98 Å². The van der Waals surface area contributed by atoms with Gasteiger partial charge in [0.15, 0.2) is 0 Å². The summed E-state index contributed by atoms with van der Waals surface area (Å²) in [6.45, 7) is 1.91. The van der Waals surface area contributed by atoms with Crippen molar-refractivity contribution in [2.24, 2.45) is 11.7 Å². The van der Waals surface area contributed by atoms with Gasteiger partial charge in [0, 0.05) is 18.2 Å². The number of aromatic nitrogens is 1. The maximum Gasteiger partial charge on any atom is 0.225 e. The molecule has 1 aromatic heterocycles. The van der Waals surface area contributed by atoms with Gasteiger partial charge < -0.3 is 11.1 Å². The number of rotatable bonds is 4. The first-order chi connectivity index (χ1) is 7.65. The van der Waals surface area contributed by atoms with Crippen molar-refractivity contribution in [2.75, 3.05) is 5.32 Å². The fraction of sp³-hybridized carbons (Fsp3) is 0.500. The van der Waals surface area contributed by atoms with E-state index in [1.807, 2.05) is 19.1 Å². The zero-order valence-corrected chi connectivity index (χ0v) is 9.44. The third kappa shape index (κ3) is 3.03. The molecular weight excluding hydrogens is 202 g/mol. The number of pyridine rings is 1. The van der Waals surface area contributed by atoms with Gasteiger partial charge in [0.05, 0.1) is 11.9 Å². The SMILES string of the molecule is Cc1ccc(NC(=O)CC(N)C2CC2)cn1. The van der Waals surface area contributed by atoms with Crippen molar-refractivity contribution in [3.05, 3.63) is 24.0 Å². The summed E-state index contributed by atoms with van der Waals surface area (Å²) < 4.78 is 0. The Morgan fingerprint density at radius 2 is 2.38 bits per heavy atom. The van der Waals surface area contributed by atoms with Crippen molar-refractivity contribution in [3.63, 3.8) is 0 Å². The van der Waals surface area contributed by atoms with Crippen LogP contribution in [0.15, 0.2) is 18.3 Å². The van der Waals surface area contributed by atoms with E-state index in [1.165, 1.54) is 12.8 Å². The zero-order valence-electron chi connectivity index (χ0n) is 9.44. The molecule has 0 bridgehead atoms. The Morgan fingerprint density at radius 1 is 1.62 bits per heavy atom. The fourth-order valence-electron chi connectivity index (χ4n) is 1.66. The second-order valence-electron chi connectivity index (χ2n) is 4.44. The third-order valence-electron chi connectivity index (χ3n) is 2.84. The van der Waals surface area contributed by atoms with Gasteiger partial charge in [-0.05, 0) is 37.8 Å². The van der Waals surface area contributed by atoms with E-state index >= 15 is 0 Å². The number of hydrogen-bond donors (Lipinski definition) is 2. The van der Waals surface area contributed by atoms with E-state index in [1.54, 1.807) is 6.20 Å². The van der Waals surface area contributed by atoms with E-state index in [0.29, 0.717) is 12.3 Å². The minimum atomic E-state index is -0.0231. The Kier molecular flexibility index (Phi) is 3.19. The van der Waals surface area contributed by atoms with Crippen LogP contribution in [0, 0.1) is 12.8 Å². The molecule has 0 spiro atoms. The van der Waals surface area contributed by atoms with Crippen LogP contribution in [0.5, 0.6) is 0 Å². The lowest BCUT2D eigenvalue weighted by atomic mass is 10.1. The summed E-state index contributed by atoms with van der Waals surface area (Å²) in [5, 5.41) is 2.80. The van der Waals surface area contributed by atoms with Crippen LogP contribution in [0.1, 0.15) is 25.0 Å². The number of hydrogen-bond acceptors (Lipinski definition) is 3. The van der Waals surface area contributed by atoms with Crippen LogP contribution in [-0.2, 0) is 4.79 Å². The molecule has 4 nitrogen and oxygen atoms in total. The number of anilines is 1. The van der Waals surface area contributed by atoms with Gasteiger partial charge in [-0.3, -0.25) is 9.78 Å². The molecule has 4 heteroatoms. The number of aryl methyl sites for hydroxylation is 1. The van der Waals surface area contributed by atoms with Crippen molar-refractivity contribution in [2.45, 2.75) is 32.2 Å². The Hall–Kier alpha value is -1.42. The molecule has 0 aliphatic heterocycles. The Labute approximate surface area is 95.3 Å². The van der Waals surface area contributed by atoms with Gasteiger partial charge in [-0.25, -0.2) is 0 Å². The largest absolute Gasteiger partial charge is 0.327 e. The molecule has 1 unspecified atom stereocenters. The van der Waals surface area contributed by atoms with E-state index in [-0.39, 0.29) is 11.9 Å². The fourth-order valence-corrected chi connectivity index (χ4v) is 1.66. The Balaban J connectivity index is 1.84. The summed E-state index contributed by atoms with van der Waals surface area (Å²) in [5.41, 5.74) is 7.55. The van der Waals surface area contributed by atoms with Gasteiger partial charge >= 0.3 is 0 Å². The second-order valence-corrected chi connectivity index (χ2v) is 4.44. The lowest BCUT2D eigenvalue weighted by Crippen LogP contribution is -2.28. The topological polar surface area (TPSA) is 68.0 Å². The van der Waals surface area contributed by atoms with Crippen LogP contribution in [0.3, 0.4) is 0 Å². The van der Waals surface area contributed by atoms with Gasteiger partial charge in [0.2, 0.25) is 5.91 Å². The molecule has 1 fully saturated rings. The highest BCUT2D eigenvalue weighted by atomic mass is 16.1. The highest BCUT2D eigenvalue weighted by Gasteiger charge is 2.29. The summed E-state index contributed by atoms with van der Waals surface area (Å²) in [6, 6.07) is 3.73. The summed E-state index contributed by atoms with van der Waals surface area (Å²) >= 11 is 0. The maximum atomic E-state index is 11.6. The first-order valence-electron chi connectivity index (χ1n) is 5.63. The van der Waals surface area contributed by atoms with Crippen LogP contribution in [0.2, 0.25) is 0 Å². The summed E-state index contributed by atoms with van der Waals surface area (Å²) in [6.07, 6.45) is 4.40. The van der Waals surface area contributed by atoms with Crippen LogP contribution in [0.25, 0.3) is 0 Å². The molecule has 0 saturated heterocycles. The second kappa shape index (κ2) is 4.61. The summed E-state index contributed by atoms with van der Waals surface area (Å²) in [7, 11) is 0. The number of amides is 1. The molecular formula is C12H17N3O. The standard InChI is InChI=1S/C12H17N3O/c1-8-2-5-10(7-14-8)15-12(16)6-11(13)9-3-4-9/h2,5,7,9,11H,3-4,6,13H2,1H3,(H,15,16). The smallest absolute Gasteiger partial charge is 0.225 e. The van der Waals surface area contributed by atoms with E-state index in [0.717, 1.165) is 11.4 Å². The van der Waals surface area contributed by atoms with E-state index in [2.05, 4.69) is 10.3 Å². The van der Waals surface area contributed by atoms with Crippen molar-refractivity contribution < 1.29 is 4.79 Å². The minimum absolute atomic E-state index is 0.0124. The summed E-state index contributed by atoms with van der Waals surface area (Å²) in [4.78, 5) is 15.7. The molecule has 0 radical (unpaired) electrons. The first-order valence-corrected chi connectivity index (χ1v) is 5.63. The first kappa shape index (κ1) is 11.1. The van der Waals surface area contributed by atoms with Crippen LogP contribution in [0.4, 0.5) is 5.69 Å². The molecule has 16 heavy (non-hydrogen) atoms. The molecule has 1 aromatic rings. The Morgan fingerprint density at radius 3 is 2.94 bits per heavy atom. The Bertz CT molecular complexity index is 370. The monoisotopic (exact) mass is 219 g/mol. The lowest BCUT2D eigenvalue weighted by molar-refractivity contribution is -0.116. The van der Waals surface area contributed by atoms with Crippen LogP contribution < -0.4 is 11.1 Å². The highest BCUT2D eigenvalue weighted by Crippen LogP contribution is 2.32. The van der Waals surface area contributed by atoms with E-state index in [9.17, 15) is 4.79 Å². The molecule has 1 aliphatic rings. The quantitative estimate of drug-likeness (QED) is 0.805. The van der Waals surface area contributed by atoms with E-state index < -0.39 is 0 Å². The molecule has 2 rings (SSSR count). The van der Waals surface area contributed by atoms with Crippen LogP contribution in [-0.4, -0.2) is 16.9 Å². The predicted octanol–water partition coefficient (Wildman–Crippen LogP) is 1.46. The number of nitrogens with one attached hydrogen (secondary N) is 1. The van der Waals surface area contributed by atoms with Gasteiger partial charge in [-0.1, -0.05) is 0 Å². The van der Waals surface area contributed by atoms with Crippen molar-refractivity contribution >= 4 is 11.6 Å². The zero-order chi connectivity index (χ0) is 11.5. The molecule has 1 aliphatic carbocycles. The molecule has 1 saturated carbocycles. The average molecular weight is 219 g/mol. The highest BCUT2D eigenvalue weighted by molar-refractivity contribution is 5.90. The molecule has 1 amide bonds. The summed E-state index contributed by atoms with van der Waals surface area (Å²) in [5.74, 6) is 0.534. The lowest BCUT2D eigenvalue weighted by Gasteiger charge is -2.10. The van der Waals surface area contributed by atoms with Gasteiger partial charge in [-0.2, -0.15) is 0 Å². The predicted molar refractivity (Wildman–Crippen MR) is 62.9 cm³/mol. The molecule has 86 valence electrons. The van der Waals surface area contributed by atoms with E-state index in [4.69, 9.17) is 5.73 Å². The van der Waals surface area contributed by atoms with Crippen LogP contribution >= 0.6 is 0 Å². The number of carbonyl (C=O) groups is 1. The van der Waals surface area contributed by atoms with Crippen molar-refractivity contribution in [3.8, 4) is 0 Å². The number of nitrogens with zero attached hydrogens (tertiary/aromatic N) is 1. The minimum Gasteiger partial charge on any atom is -0.327 e. The molecule has 0 aromatic carbocycles. The molecule has 1 heterocycles. The molecule has 1 atom stereocenters.